The van der Waals surface area contributed by atoms with Crippen molar-refractivity contribution in [1.82, 2.24) is 0 Å². The van der Waals surface area contributed by atoms with Crippen molar-refractivity contribution in [3.8, 4) is 5.75 Å². The van der Waals surface area contributed by atoms with Gasteiger partial charge in [0.2, 0.25) is 0 Å². The second-order valence-electron chi connectivity index (χ2n) is 3.09. The molecule has 0 aliphatic carbocycles. The summed E-state index contributed by atoms with van der Waals surface area (Å²) in [5.41, 5.74) is 0.859. The topological polar surface area (TPSA) is 46.5 Å². The smallest absolute Gasteiger partial charge is 0.387 e. The number of hydrogen-bond acceptors (Lipinski definition) is 2. The lowest BCUT2D eigenvalue weighted by Crippen LogP contribution is -2.09. The maximum absolute atomic E-state index is 12.0. The number of halogens is 3. The van der Waals surface area contributed by atoms with E-state index in [9.17, 15) is 13.6 Å². The van der Waals surface area contributed by atoms with Gasteiger partial charge in [-0.3, -0.25) is 0 Å². The summed E-state index contributed by atoms with van der Waals surface area (Å²) in [6, 6.07) is 2.48. The van der Waals surface area contributed by atoms with Crippen LogP contribution in [0.4, 0.5) is 8.78 Å². The fourth-order valence-electron chi connectivity index (χ4n) is 1.23. The highest BCUT2D eigenvalue weighted by Gasteiger charge is 2.17. The molecule has 1 aromatic rings. The molecule has 1 aromatic carbocycles. The van der Waals surface area contributed by atoms with Gasteiger partial charge < -0.3 is 9.84 Å². The van der Waals surface area contributed by atoms with Gasteiger partial charge in [-0.25, -0.2) is 4.79 Å². The number of carboxylic acids is 1. The average Bonchev–Trinajstić information content (AvgIpc) is 2.16. The molecule has 6 heteroatoms. The van der Waals surface area contributed by atoms with E-state index < -0.39 is 12.6 Å². The molecule has 0 aliphatic heterocycles. The SMILES string of the molecule is Cc1cc(OC(F)F)c(C(=O)O)cc1CCl. The van der Waals surface area contributed by atoms with Crippen molar-refractivity contribution in [2.75, 3.05) is 0 Å². The van der Waals surface area contributed by atoms with Crippen LogP contribution in [0.25, 0.3) is 0 Å². The predicted molar refractivity (Wildman–Crippen MR) is 54.3 cm³/mol. The molecule has 16 heavy (non-hydrogen) atoms. The first-order valence-electron chi connectivity index (χ1n) is 4.33. The molecular formula is C10H9ClF2O3. The Labute approximate surface area is 95.6 Å². The van der Waals surface area contributed by atoms with Gasteiger partial charge in [-0.2, -0.15) is 8.78 Å². The molecule has 1 rings (SSSR count). The van der Waals surface area contributed by atoms with Crippen LogP contribution in [0.15, 0.2) is 12.1 Å². The van der Waals surface area contributed by atoms with E-state index in [2.05, 4.69) is 4.74 Å². The van der Waals surface area contributed by atoms with Gasteiger partial charge >= 0.3 is 12.6 Å². The molecule has 88 valence electrons. The summed E-state index contributed by atoms with van der Waals surface area (Å²) in [7, 11) is 0. The van der Waals surface area contributed by atoms with Crippen LogP contribution in [0, 0.1) is 6.92 Å². The van der Waals surface area contributed by atoms with Crippen LogP contribution in [0.5, 0.6) is 5.75 Å². The van der Waals surface area contributed by atoms with Crippen LogP contribution in [0.3, 0.4) is 0 Å². The van der Waals surface area contributed by atoms with Crippen molar-refractivity contribution in [2.24, 2.45) is 0 Å². The molecule has 0 aliphatic rings. The minimum atomic E-state index is -3.06. The number of aryl methyl sites for hydroxylation is 1. The molecule has 0 saturated carbocycles. The number of carboxylic acid groups (broad SMARTS) is 1. The lowest BCUT2D eigenvalue weighted by atomic mass is 10.1. The number of hydrogen-bond donors (Lipinski definition) is 1. The normalized spacial score (nSPS) is 10.6. The van der Waals surface area contributed by atoms with E-state index >= 15 is 0 Å². The fraction of sp³-hybridized carbons (Fsp3) is 0.300. The van der Waals surface area contributed by atoms with Crippen molar-refractivity contribution in [1.29, 1.82) is 0 Å². The van der Waals surface area contributed by atoms with Crippen molar-refractivity contribution < 1.29 is 23.4 Å². The van der Waals surface area contributed by atoms with Crippen LogP contribution in [0.1, 0.15) is 21.5 Å². The second kappa shape index (κ2) is 5.12. The third kappa shape index (κ3) is 2.82. The van der Waals surface area contributed by atoms with Crippen LogP contribution in [-0.4, -0.2) is 17.7 Å². The molecule has 0 fully saturated rings. The molecule has 0 radical (unpaired) electrons. The van der Waals surface area contributed by atoms with Gasteiger partial charge in [0.15, 0.2) is 0 Å². The number of ether oxygens (including phenoxy) is 1. The Morgan fingerprint density at radius 3 is 2.62 bits per heavy atom. The molecule has 0 aromatic heterocycles. The monoisotopic (exact) mass is 250 g/mol. The molecule has 0 bridgehead atoms. The van der Waals surface area contributed by atoms with Gasteiger partial charge in [0.1, 0.15) is 11.3 Å². The zero-order valence-electron chi connectivity index (χ0n) is 8.34. The lowest BCUT2D eigenvalue weighted by Gasteiger charge is -2.11. The molecule has 1 N–H and O–H groups in total. The van der Waals surface area contributed by atoms with E-state index in [-0.39, 0.29) is 17.2 Å². The number of rotatable bonds is 4. The molecule has 0 amide bonds. The molecule has 0 atom stereocenters. The van der Waals surface area contributed by atoms with E-state index in [1.54, 1.807) is 6.92 Å². The van der Waals surface area contributed by atoms with E-state index in [0.717, 1.165) is 0 Å². The number of alkyl halides is 3. The minimum Gasteiger partial charge on any atom is -0.478 e. The Bertz CT molecular complexity index is 407. The van der Waals surface area contributed by atoms with E-state index in [1.807, 2.05) is 0 Å². The van der Waals surface area contributed by atoms with Crippen LogP contribution < -0.4 is 4.74 Å². The van der Waals surface area contributed by atoms with Crippen molar-refractivity contribution >= 4 is 17.6 Å². The molecule has 0 heterocycles. The second-order valence-corrected chi connectivity index (χ2v) is 3.36. The van der Waals surface area contributed by atoms with Crippen LogP contribution in [-0.2, 0) is 5.88 Å². The highest BCUT2D eigenvalue weighted by atomic mass is 35.5. The summed E-state index contributed by atoms with van der Waals surface area (Å²) in [6.07, 6.45) is 0. The predicted octanol–water partition coefficient (Wildman–Crippen LogP) is 3.03. The zero-order valence-corrected chi connectivity index (χ0v) is 9.09. The first-order valence-corrected chi connectivity index (χ1v) is 4.86. The van der Waals surface area contributed by atoms with Crippen molar-refractivity contribution in [3.05, 3.63) is 28.8 Å². The third-order valence-corrected chi connectivity index (χ3v) is 2.32. The first-order chi connectivity index (χ1) is 7.45. The molecule has 0 saturated heterocycles. The third-order valence-electron chi connectivity index (χ3n) is 2.03. The van der Waals surface area contributed by atoms with Gasteiger partial charge in [0, 0.05) is 5.88 Å². The largest absolute Gasteiger partial charge is 0.478 e. The van der Waals surface area contributed by atoms with E-state index in [1.165, 1.54) is 12.1 Å². The molecule has 0 spiro atoms. The minimum absolute atomic E-state index is 0.112. The number of carbonyl (C=O) groups is 1. The van der Waals surface area contributed by atoms with Crippen molar-refractivity contribution in [2.45, 2.75) is 19.4 Å². The highest BCUT2D eigenvalue weighted by molar-refractivity contribution is 6.17. The summed E-state index contributed by atoms with van der Waals surface area (Å²) >= 11 is 5.59. The van der Waals surface area contributed by atoms with Gasteiger partial charge in [0.05, 0.1) is 0 Å². The van der Waals surface area contributed by atoms with Gasteiger partial charge in [-0.05, 0) is 30.2 Å². The quantitative estimate of drug-likeness (QED) is 0.836. The molecule has 0 unspecified atom stereocenters. The zero-order chi connectivity index (χ0) is 12.3. The Balaban J connectivity index is 3.24. The number of aromatic carboxylic acids is 1. The Morgan fingerprint density at radius 1 is 1.56 bits per heavy atom. The average molecular weight is 251 g/mol. The van der Waals surface area contributed by atoms with Crippen molar-refractivity contribution in [3.63, 3.8) is 0 Å². The summed E-state index contributed by atoms with van der Waals surface area (Å²) in [5, 5.41) is 8.82. The van der Waals surface area contributed by atoms with Crippen LogP contribution in [0.2, 0.25) is 0 Å². The van der Waals surface area contributed by atoms with Gasteiger partial charge in [-0.15, -0.1) is 11.6 Å². The van der Waals surface area contributed by atoms with Gasteiger partial charge in [-0.1, -0.05) is 0 Å². The Hall–Kier alpha value is -1.36. The standard InChI is InChI=1S/C10H9ClF2O3/c1-5-2-8(16-10(12)13)7(9(14)15)3-6(5)4-11/h2-3,10H,4H2,1H3,(H,14,15). The maximum atomic E-state index is 12.0. The summed E-state index contributed by atoms with van der Waals surface area (Å²) in [6.45, 7) is -1.42. The van der Waals surface area contributed by atoms with E-state index in [0.29, 0.717) is 11.1 Å². The Kier molecular flexibility index (Phi) is 4.06. The first kappa shape index (κ1) is 12.7. The van der Waals surface area contributed by atoms with Gasteiger partial charge in [0.25, 0.3) is 0 Å². The summed E-state index contributed by atoms with van der Waals surface area (Å²) in [5.74, 6) is -1.57. The number of benzene rings is 1. The summed E-state index contributed by atoms with van der Waals surface area (Å²) < 4.78 is 28.2. The van der Waals surface area contributed by atoms with Crippen LogP contribution >= 0.6 is 11.6 Å². The fourth-order valence-corrected chi connectivity index (χ4v) is 1.52. The molecule has 3 nitrogen and oxygen atoms in total. The van der Waals surface area contributed by atoms with E-state index in [4.69, 9.17) is 16.7 Å². The molecular weight excluding hydrogens is 242 g/mol. The maximum Gasteiger partial charge on any atom is 0.387 e. The highest BCUT2D eigenvalue weighted by Crippen LogP contribution is 2.26. The lowest BCUT2D eigenvalue weighted by molar-refractivity contribution is -0.0503. The summed E-state index contributed by atoms with van der Waals surface area (Å²) in [4.78, 5) is 10.8. The Morgan fingerprint density at radius 2 is 2.19 bits per heavy atom.